The molecule has 0 unspecified atom stereocenters. The topological polar surface area (TPSA) is 48.6 Å². The summed E-state index contributed by atoms with van der Waals surface area (Å²) in [4.78, 5) is 2.62. The number of benzene rings is 3. The molecule has 0 radical (unpaired) electrons. The summed E-state index contributed by atoms with van der Waals surface area (Å²) < 4.78 is 2.29. The van der Waals surface area contributed by atoms with Crippen LogP contribution in [0.2, 0.25) is 0 Å². The van der Waals surface area contributed by atoms with Crippen molar-refractivity contribution in [2.24, 2.45) is 0 Å². The highest BCUT2D eigenvalue weighted by Crippen LogP contribution is 2.32. The van der Waals surface area contributed by atoms with Crippen molar-refractivity contribution in [2.75, 3.05) is 19.6 Å². The Kier molecular flexibility index (Phi) is 6.87. The van der Waals surface area contributed by atoms with Crippen molar-refractivity contribution >= 4 is 10.9 Å². The van der Waals surface area contributed by atoms with Gasteiger partial charge in [0.25, 0.3) is 0 Å². The van der Waals surface area contributed by atoms with E-state index in [0.29, 0.717) is 0 Å². The molecule has 4 nitrogen and oxygen atoms in total. The Hall–Kier alpha value is -3.24. The smallest absolute Gasteiger partial charge is 0.116 e. The predicted molar refractivity (Wildman–Crippen MR) is 139 cm³/mol. The van der Waals surface area contributed by atoms with Crippen LogP contribution in [0, 0.1) is 0 Å². The fourth-order valence-electron chi connectivity index (χ4n) is 5.14. The summed E-state index contributed by atoms with van der Waals surface area (Å²) in [7, 11) is 0. The SMILES string of the molecule is Oc1ccc(-c2cc3cc(O)ccc3n2Cc2ccc(CCCCN3CCCCC3)cc2)cc1. The summed E-state index contributed by atoms with van der Waals surface area (Å²) in [5, 5.41) is 20.7. The number of aryl methyl sites for hydroxylation is 1. The van der Waals surface area contributed by atoms with Crippen LogP contribution in [0.25, 0.3) is 22.2 Å². The maximum absolute atomic E-state index is 9.98. The number of phenols is 2. The summed E-state index contributed by atoms with van der Waals surface area (Å²) >= 11 is 0. The third-order valence-electron chi connectivity index (χ3n) is 7.05. The van der Waals surface area contributed by atoms with E-state index < -0.39 is 0 Å². The van der Waals surface area contributed by atoms with Gasteiger partial charge in [-0.25, -0.2) is 0 Å². The van der Waals surface area contributed by atoms with Crippen molar-refractivity contribution in [1.29, 1.82) is 0 Å². The molecule has 5 rings (SSSR count). The molecule has 1 saturated heterocycles. The molecule has 0 amide bonds. The maximum Gasteiger partial charge on any atom is 0.116 e. The average molecular weight is 455 g/mol. The van der Waals surface area contributed by atoms with Gasteiger partial charge in [0.2, 0.25) is 0 Å². The summed E-state index contributed by atoms with van der Waals surface area (Å²) in [5.41, 5.74) is 5.86. The number of hydrogen-bond acceptors (Lipinski definition) is 3. The van der Waals surface area contributed by atoms with E-state index in [2.05, 4.69) is 39.8 Å². The van der Waals surface area contributed by atoms with Crippen LogP contribution >= 0.6 is 0 Å². The van der Waals surface area contributed by atoms with Gasteiger partial charge in [0.05, 0.1) is 0 Å². The Morgan fingerprint density at radius 1 is 0.676 bits per heavy atom. The molecule has 0 spiro atoms. The van der Waals surface area contributed by atoms with Gasteiger partial charge in [0, 0.05) is 23.1 Å². The number of nitrogens with zero attached hydrogens (tertiary/aromatic N) is 2. The van der Waals surface area contributed by atoms with Crippen molar-refractivity contribution in [1.82, 2.24) is 9.47 Å². The number of piperidine rings is 1. The second-order valence-electron chi connectivity index (χ2n) is 9.58. The minimum atomic E-state index is 0.260. The molecule has 1 aliphatic heterocycles. The molecular formula is C30H34N2O2. The van der Waals surface area contributed by atoms with Crippen LogP contribution in [0.3, 0.4) is 0 Å². The highest BCUT2D eigenvalue weighted by molar-refractivity contribution is 5.88. The lowest BCUT2D eigenvalue weighted by molar-refractivity contribution is 0.225. The van der Waals surface area contributed by atoms with Crippen LogP contribution in [0.5, 0.6) is 11.5 Å². The molecule has 176 valence electrons. The predicted octanol–water partition coefficient (Wildman–Crippen LogP) is 6.58. The number of likely N-dealkylation sites (tertiary alicyclic amines) is 1. The molecule has 4 aromatic rings. The number of rotatable bonds is 8. The molecular weight excluding hydrogens is 420 g/mol. The van der Waals surface area contributed by atoms with Crippen LogP contribution in [0.15, 0.2) is 72.8 Å². The Morgan fingerprint density at radius 3 is 2.15 bits per heavy atom. The zero-order valence-electron chi connectivity index (χ0n) is 19.8. The van der Waals surface area contributed by atoms with E-state index in [-0.39, 0.29) is 11.5 Å². The molecule has 2 heterocycles. The van der Waals surface area contributed by atoms with Crippen LogP contribution in [-0.4, -0.2) is 39.3 Å². The minimum absolute atomic E-state index is 0.260. The van der Waals surface area contributed by atoms with Gasteiger partial charge < -0.3 is 19.7 Å². The molecule has 0 aliphatic carbocycles. The van der Waals surface area contributed by atoms with Gasteiger partial charge in [-0.05, 0) is 117 Å². The second-order valence-corrected chi connectivity index (χ2v) is 9.58. The number of hydrogen-bond donors (Lipinski definition) is 2. The lowest BCUT2D eigenvalue weighted by atomic mass is 10.0. The van der Waals surface area contributed by atoms with Crippen molar-refractivity contribution in [3.05, 3.63) is 83.9 Å². The summed E-state index contributed by atoms with van der Waals surface area (Å²) in [5.74, 6) is 0.530. The first-order chi connectivity index (χ1) is 16.7. The van der Waals surface area contributed by atoms with E-state index in [1.165, 1.54) is 62.9 Å². The fourth-order valence-corrected chi connectivity index (χ4v) is 5.14. The number of phenolic OH excluding ortho intramolecular Hbond substituents is 2. The Labute approximate surface area is 202 Å². The first kappa shape index (κ1) is 22.5. The molecule has 2 N–H and O–H groups in total. The van der Waals surface area contributed by atoms with Gasteiger partial charge in [0.1, 0.15) is 11.5 Å². The standard InChI is InChI=1S/C30H34N2O2/c33-27-13-11-25(12-14-27)30-21-26-20-28(34)15-16-29(26)32(30)22-24-9-7-23(8-10-24)6-2-5-19-31-17-3-1-4-18-31/h7-16,20-21,33-34H,1-6,17-19,22H2. The third kappa shape index (κ3) is 5.28. The number of fused-ring (bicyclic) bond motifs is 1. The Morgan fingerprint density at radius 2 is 1.38 bits per heavy atom. The van der Waals surface area contributed by atoms with Gasteiger partial charge in [-0.1, -0.05) is 30.7 Å². The van der Waals surface area contributed by atoms with Crippen molar-refractivity contribution in [2.45, 2.75) is 45.1 Å². The van der Waals surface area contributed by atoms with Crippen LogP contribution in [-0.2, 0) is 13.0 Å². The van der Waals surface area contributed by atoms with E-state index in [0.717, 1.165) is 35.1 Å². The third-order valence-corrected chi connectivity index (χ3v) is 7.05. The van der Waals surface area contributed by atoms with E-state index in [1.54, 1.807) is 18.2 Å². The monoisotopic (exact) mass is 454 g/mol. The van der Waals surface area contributed by atoms with Gasteiger partial charge in [0.15, 0.2) is 0 Å². The van der Waals surface area contributed by atoms with Crippen LogP contribution in [0.4, 0.5) is 0 Å². The Balaban J connectivity index is 1.28. The maximum atomic E-state index is 9.98. The van der Waals surface area contributed by atoms with Gasteiger partial charge in [-0.15, -0.1) is 0 Å². The van der Waals surface area contributed by atoms with E-state index in [9.17, 15) is 10.2 Å². The highest BCUT2D eigenvalue weighted by Gasteiger charge is 2.13. The number of unbranched alkanes of at least 4 members (excludes halogenated alkanes) is 1. The van der Waals surface area contributed by atoms with Gasteiger partial charge in [-0.3, -0.25) is 0 Å². The number of aromatic nitrogens is 1. The lowest BCUT2D eigenvalue weighted by Crippen LogP contribution is -2.30. The van der Waals surface area contributed by atoms with Crippen LogP contribution in [0.1, 0.15) is 43.2 Å². The average Bonchev–Trinajstić information content (AvgIpc) is 3.21. The van der Waals surface area contributed by atoms with Crippen LogP contribution < -0.4 is 0 Å². The summed E-state index contributed by atoms with van der Waals surface area (Å²) in [6.07, 6.45) is 7.80. The van der Waals surface area contributed by atoms with E-state index in [1.807, 2.05) is 24.3 Å². The quantitative estimate of drug-likeness (QED) is 0.296. The number of aromatic hydroxyl groups is 2. The second kappa shape index (κ2) is 10.4. The zero-order chi connectivity index (χ0) is 23.3. The van der Waals surface area contributed by atoms with Gasteiger partial charge in [-0.2, -0.15) is 0 Å². The normalized spacial score (nSPS) is 14.6. The molecule has 0 bridgehead atoms. The van der Waals surface area contributed by atoms with Crippen molar-refractivity contribution in [3.63, 3.8) is 0 Å². The zero-order valence-corrected chi connectivity index (χ0v) is 19.8. The molecule has 0 atom stereocenters. The van der Waals surface area contributed by atoms with E-state index in [4.69, 9.17) is 0 Å². The molecule has 0 saturated carbocycles. The molecule has 1 aromatic heterocycles. The molecule has 34 heavy (non-hydrogen) atoms. The van der Waals surface area contributed by atoms with Crippen molar-refractivity contribution in [3.8, 4) is 22.8 Å². The molecule has 1 fully saturated rings. The van der Waals surface area contributed by atoms with E-state index >= 15 is 0 Å². The summed E-state index contributed by atoms with van der Waals surface area (Å²) in [6.45, 7) is 4.57. The Bertz CT molecular complexity index is 1220. The molecule has 4 heteroatoms. The largest absolute Gasteiger partial charge is 0.508 e. The lowest BCUT2D eigenvalue weighted by Gasteiger charge is -2.26. The fraction of sp³-hybridized carbons (Fsp3) is 0.333. The minimum Gasteiger partial charge on any atom is -0.508 e. The molecule has 3 aromatic carbocycles. The van der Waals surface area contributed by atoms with Crippen molar-refractivity contribution < 1.29 is 10.2 Å². The first-order valence-electron chi connectivity index (χ1n) is 12.6. The molecule has 1 aliphatic rings. The highest BCUT2D eigenvalue weighted by atomic mass is 16.3. The summed E-state index contributed by atoms with van der Waals surface area (Å²) in [6, 6.07) is 24.0. The first-order valence-corrected chi connectivity index (χ1v) is 12.6. The van der Waals surface area contributed by atoms with Gasteiger partial charge >= 0.3 is 0 Å².